The molecule has 0 spiro atoms. The van der Waals surface area contributed by atoms with Crippen molar-refractivity contribution in [2.45, 2.75) is 12.8 Å². The second-order valence-corrected chi connectivity index (χ2v) is 7.38. The van der Waals surface area contributed by atoms with Gasteiger partial charge in [0, 0.05) is 28.8 Å². The Bertz CT molecular complexity index is 1240. The standard InChI is InChI=1S/C23H19N5O2/c29-22(14-6-7-14)26-18-10-16(12-24-13-18)15-8-9-20-19(11-15)21(28-27-20)23(30)25-17-4-2-1-3-5-17/h1-5,8-14H,6-7H2,(H,25,30)(H,26,29)(H,27,28). The van der Waals surface area contributed by atoms with E-state index in [4.69, 9.17) is 0 Å². The first-order valence-corrected chi connectivity index (χ1v) is 9.78. The van der Waals surface area contributed by atoms with E-state index in [-0.39, 0.29) is 17.7 Å². The summed E-state index contributed by atoms with van der Waals surface area (Å²) in [6.07, 6.45) is 5.27. The number of nitrogens with zero attached hydrogens (tertiary/aromatic N) is 2. The van der Waals surface area contributed by atoms with Gasteiger partial charge in [-0.25, -0.2) is 0 Å². The van der Waals surface area contributed by atoms with Crippen LogP contribution in [0.5, 0.6) is 0 Å². The monoisotopic (exact) mass is 397 g/mol. The molecular weight excluding hydrogens is 378 g/mol. The van der Waals surface area contributed by atoms with Crippen LogP contribution in [-0.2, 0) is 4.79 Å². The molecule has 1 aliphatic carbocycles. The Morgan fingerprint density at radius 2 is 1.73 bits per heavy atom. The number of rotatable bonds is 5. The van der Waals surface area contributed by atoms with Crippen LogP contribution in [0.3, 0.4) is 0 Å². The fraction of sp³-hybridized carbons (Fsp3) is 0.130. The number of hydrogen-bond acceptors (Lipinski definition) is 4. The van der Waals surface area contributed by atoms with Gasteiger partial charge in [-0.1, -0.05) is 24.3 Å². The number of aromatic nitrogens is 3. The molecule has 148 valence electrons. The van der Waals surface area contributed by atoms with Gasteiger partial charge in [0.2, 0.25) is 5.91 Å². The first-order valence-electron chi connectivity index (χ1n) is 9.78. The van der Waals surface area contributed by atoms with E-state index in [1.165, 1.54) is 0 Å². The molecule has 1 saturated carbocycles. The van der Waals surface area contributed by atoms with E-state index in [2.05, 4.69) is 25.8 Å². The number of hydrogen-bond donors (Lipinski definition) is 3. The third-order valence-electron chi connectivity index (χ3n) is 5.10. The summed E-state index contributed by atoms with van der Waals surface area (Å²) < 4.78 is 0. The van der Waals surface area contributed by atoms with Crippen molar-refractivity contribution in [3.05, 3.63) is 72.7 Å². The summed E-state index contributed by atoms with van der Waals surface area (Å²) in [4.78, 5) is 29.0. The summed E-state index contributed by atoms with van der Waals surface area (Å²) in [5.74, 6) is -0.117. The molecule has 1 fully saturated rings. The second-order valence-electron chi connectivity index (χ2n) is 7.38. The Morgan fingerprint density at radius 3 is 2.53 bits per heavy atom. The number of anilines is 2. The number of carbonyl (C=O) groups excluding carboxylic acids is 2. The summed E-state index contributed by atoms with van der Waals surface area (Å²) in [7, 11) is 0. The predicted molar refractivity (Wildman–Crippen MR) is 115 cm³/mol. The lowest BCUT2D eigenvalue weighted by atomic mass is 10.0. The van der Waals surface area contributed by atoms with Crippen LogP contribution in [0, 0.1) is 5.92 Å². The van der Waals surface area contributed by atoms with Gasteiger partial charge < -0.3 is 10.6 Å². The normalized spacial score (nSPS) is 13.2. The molecule has 2 heterocycles. The van der Waals surface area contributed by atoms with Crippen molar-refractivity contribution in [3.63, 3.8) is 0 Å². The van der Waals surface area contributed by atoms with E-state index in [1.54, 1.807) is 12.4 Å². The Balaban J connectivity index is 1.44. The zero-order chi connectivity index (χ0) is 20.5. The smallest absolute Gasteiger partial charge is 0.276 e. The van der Waals surface area contributed by atoms with Crippen LogP contribution in [0.4, 0.5) is 11.4 Å². The number of para-hydroxylation sites is 1. The van der Waals surface area contributed by atoms with Gasteiger partial charge in [-0.2, -0.15) is 5.10 Å². The lowest BCUT2D eigenvalue weighted by Gasteiger charge is -2.07. The molecule has 30 heavy (non-hydrogen) atoms. The van der Waals surface area contributed by atoms with E-state index in [0.29, 0.717) is 22.5 Å². The molecule has 2 aromatic carbocycles. The van der Waals surface area contributed by atoms with Gasteiger partial charge in [-0.15, -0.1) is 0 Å². The Labute approximate surface area is 172 Å². The highest BCUT2D eigenvalue weighted by Gasteiger charge is 2.29. The van der Waals surface area contributed by atoms with Crippen molar-refractivity contribution < 1.29 is 9.59 Å². The van der Waals surface area contributed by atoms with Crippen LogP contribution in [0.2, 0.25) is 0 Å². The molecule has 0 bridgehead atoms. The van der Waals surface area contributed by atoms with E-state index < -0.39 is 0 Å². The maximum atomic E-state index is 12.7. The number of pyridine rings is 1. The van der Waals surface area contributed by atoms with Gasteiger partial charge >= 0.3 is 0 Å². The van der Waals surface area contributed by atoms with E-state index in [0.717, 1.165) is 29.5 Å². The SMILES string of the molecule is O=C(Nc1ccccc1)c1n[nH]c2ccc(-c3cncc(NC(=O)C4CC4)c3)cc12. The third-order valence-corrected chi connectivity index (χ3v) is 5.10. The van der Waals surface area contributed by atoms with Crippen LogP contribution in [0.1, 0.15) is 23.3 Å². The number of H-pyrrole nitrogens is 1. The number of benzene rings is 2. The van der Waals surface area contributed by atoms with E-state index in [9.17, 15) is 9.59 Å². The highest BCUT2D eigenvalue weighted by atomic mass is 16.2. The van der Waals surface area contributed by atoms with Crippen LogP contribution < -0.4 is 10.6 Å². The molecule has 1 aliphatic rings. The molecular formula is C23H19N5O2. The number of carbonyl (C=O) groups is 2. The molecule has 0 radical (unpaired) electrons. The quantitative estimate of drug-likeness (QED) is 0.469. The number of fused-ring (bicyclic) bond motifs is 1. The topological polar surface area (TPSA) is 99.8 Å². The largest absolute Gasteiger partial charge is 0.324 e. The molecule has 0 atom stereocenters. The van der Waals surface area contributed by atoms with Crippen LogP contribution in [-0.4, -0.2) is 27.0 Å². The van der Waals surface area contributed by atoms with Gasteiger partial charge in [0.15, 0.2) is 5.69 Å². The van der Waals surface area contributed by atoms with Crippen LogP contribution in [0.15, 0.2) is 67.0 Å². The molecule has 5 rings (SSSR count). The highest BCUT2D eigenvalue weighted by molar-refractivity contribution is 6.11. The van der Waals surface area contributed by atoms with Gasteiger partial charge in [0.05, 0.1) is 17.4 Å². The lowest BCUT2D eigenvalue weighted by Crippen LogP contribution is -2.13. The zero-order valence-electron chi connectivity index (χ0n) is 16.1. The number of amides is 2. The molecule has 2 amide bonds. The molecule has 7 nitrogen and oxygen atoms in total. The van der Waals surface area contributed by atoms with Crippen molar-refractivity contribution in [1.82, 2.24) is 15.2 Å². The Kier molecular flexibility index (Phi) is 4.48. The molecule has 0 saturated heterocycles. The molecule has 7 heteroatoms. The minimum Gasteiger partial charge on any atom is -0.324 e. The summed E-state index contributed by atoms with van der Waals surface area (Å²) in [6.45, 7) is 0. The number of nitrogens with one attached hydrogen (secondary N) is 3. The van der Waals surface area contributed by atoms with Crippen molar-refractivity contribution in [2.75, 3.05) is 10.6 Å². The number of aromatic amines is 1. The Morgan fingerprint density at radius 1 is 0.900 bits per heavy atom. The highest BCUT2D eigenvalue weighted by Crippen LogP contribution is 2.31. The summed E-state index contributed by atoms with van der Waals surface area (Å²) in [5.41, 5.74) is 4.19. The second kappa shape index (κ2) is 7.44. The van der Waals surface area contributed by atoms with E-state index in [1.807, 2.05) is 54.6 Å². The lowest BCUT2D eigenvalue weighted by molar-refractivity contribution is -0.117. The van der Waals surface area contributed by atoms with Crippen LogP contribution in [0.25, 0.3) is 22.0 Å². The van der Waals surface area contributed by atoms with Crippen LogP contribution >= 0.6 is 0 Å². The average Bonchev–Trinajstić information content (AvgIpc) is 3.54. The summed E-state index contributed by atoms with van der Waals surface area (Å²) in [6, 6.07) is 16.9. The third kappa shape index (κ3) is 3.65. The zero-order valence-corrected chi connectivity index (χ0v) is 16.1. The van der Waals surface area contributed by atoms with Gasteiger partial charge in [0.25, 0.3) is 5.91 Å². The molecule has 0 unspecified atom stereocenters. The van der Waals surface area contributed by atoms with E-state index >= 15 is 0 Å². The van der Waals surface area contributed by atoms with Crippen molar-refractivity contribution >= 4 is 34.1 Å². The maximum Gasteiger partial charge on any atom is 0.276 e. The first-order chi connectivity index (χ1) is 14.7. The average molecular weight is 397 g/mol. The fourth-order valence-corrected chi connectivity index (χ4v) is 3.33. The van der Waals surface area contributed by atoms with Gasteiger partial charge in [-0.3, -0.25) is 19.7 Å². The first kappa shape index (κ1) is 18.1. The van der Waals surface area contributed by atoms with Crippen molar-refractivity contribution in [2.24, 2.45) is 5.92 Å². The van der Waals surface area contributed by atoms with Gasteiger partial charge in [0.1, 0.15) is 0 Å². The molecule has 2 aromatic heterocycles. The van der Waals surface area contributed by atoms with Crippen molar-refractivity contribution in [1.29, 1.82) is 0 Å². The minimum absolute atomic E-state index is 0.0408. The maximum absolute atomic E-state index is 12.7. The molecule has 4 aromatic rings. The summed E-state index contributed by atoms with van der Waals surface area (Å²) in [5, 5.41) is 13.6. The van der Waals surface area contributed by atoms with Crippen molar-refractivity contribution in [3.8, 4) is 11.1 Å². The Hall–Kier alpha value is -4.00. The predicted octanol–water partition coefficient (Wildman–Crippen LogP) is 4.23. The van der Waals surface area contributed by atoms with Gasteiger partial charge in [-0.05, 0) is 48.7 Å². The fourth-order valence-electron chi connectivity index (χ4n) is 3.33. The minimum atomic E-state index is -0.284. The summed E-state index contributed by atoms with van der Waals surface area (Å²) >= 11 is 0. The molecule has 0 aliphatic heterocycles. The molecule has 3 N–H and O–H groups in total.